The van der Waals surface area contributed by atoms with Crippen molar-refractivity contribution in [2.75, 3.05) is 6.54 Å². The molecule has 1 heterocycles. The molecule has 0 unspecified atom stereocenters. The predicted molar refractivity (Wildman–Crippen MR) is 47.5 cm³/mol. The highest BCUT2D eigenvalue weighted by molar-refractivity contribution is 4.87. The van der Waals surface area contributed by atoms with Crippen LogP contribution in [0.15, 0.2) is 0 Å². The van der Waals surface area contributed by atoms with Gasteiger partial charge in [-0.15, -0.1) is 0 Å². The summed E-state index contributed by atoms with van der Waals surface area (Å²) in [6.07, 6.45) is 7.27. The van der Waals surface area contributed by atoms with E-state index < -0.39 is 0 Å². The maximum Gasteiger partial charge on any atom is 0.00978 e. The lowest BCUT2D eigenvalue weighted by molar-refractivity contribution is 0.151. The molecule has 0 aromatic heterocycles. The molecule has 0 aromatic carbocycles. The van der Waals surface area contributed by atoms with Crippen molar-refractivity contribution in [3.8, 4) is 0 Å². The van der Waals surface area contributed by atoms with Crippen LogP contribution in [-0.4, -0.2) is 12.6 Å². The number of rotatable bonds is 0. The average molecular weight is 153 g/mol. The molecule has 1 aliphatic carbocycles. The van der Waals surface area contributed by atoms with E-state index >= 15 is 0 Å². The Balaban J connectivity index is 1.99. The van der Waals surface area contributed by atoms with E-state index in [4.69, 9.17) is 0 Å². The van der Waals surface area contributed by atoms with E-state index in [9.17, 15) is 0 Å². The van der Waals surface area contributed by atoms with E-state index in [1.165, 1.54) is 38.6 Å². The Kier molecular flexibility index (Phi) is 2.17. The smallest absolute Gasteiger partial charge is 0.00978 e. The molecule has 1 N–H and O–H groups in total. The molecule has 1 saturated carbocycles. The van der Waals surface area contributed by atoms with Gasteiger partial charge < -0.3 is 5.32 Å². The summed E-state index contributed by atoms with van der Waals surface area (Å²) in [4.78, 5) is 0. The molecular weight excluding hydrogens is 134 g/mol. The fraction of sp³-hybridized carbons (Fsp3) is 1.00. The first-order valence-electron chi connectivity index (χ1n) is 5.11. The van der Waals surface area contributed by atoms with Crippen LogP contribution in [0.5, 0.6) is 0 Å². The molecule has 0 radical (unpaired) electrons. The predicted octanol–water partition coefficient (Wildman–Crippen LogP) is 2.17. The summed E-state index contributed by atoms with van der Waals surface area (Å²) >= 11 is 0. The van der Waals surface area contributed by atoms with Gasteiger partial charge in [-0.2, -0.15) is 0 Å². The minimum atomic E-state index is 0.882. The van der Waals surface area contributed by atoms with Crippen LogP contribution in [0.1, 0.15) is 39.0 Å². The largest absolute Gasteiger partial charge is 0.314 e. The van der Waals surface area contributed by atoms with Crippen molar-refractivity contribution in [3.63, 3.8) is 0 Å². The Morgan fingerprint density at radius 3 is 2.73 bits per heavy atom. The summed E-state index contributed by atoms with van der Waals surface area (Å²) in [5, 5.41) is 3.65. The summed E-state index contributed by atoms with van der Waals surface area (Å²) in [6, 6.07) is 0.882. The Hall–Kier alpha value is -0.0400. The summed E-state index contributed by atoms with van der Waals surface area (Å²) in [6.45, 7) is 3.70. The standard InChI is InChI=1S/C10H19N/c1-8-6-7-11-10-5-3-2-4-9(8)10/h8-11H,2-7H2,1H3/t8-,9+,10-/m1/s1. The van der Waals surface area contributed by atoms with Crippen LogP contribution < -0.4 is 5.32 Å². The van der Waals surface area contributed by atoms with Gasteiger partial charge in [-0.1, -0.05) is 19.8 Å². The fourth-order valence-electron chi connectivity index (χ4n) is 2.80. The Morgan fingerprint density at radius 1 is 1.09 bits per heavy atom. The van der Waals surface area contributed by atoms with E-state index in [1.807, 2.05) is 0 Å². The van der Waals surface area contributed by atoms with Gasteiger partial charge in [-0.05, 0) is 37.6 Å². The summed E-state index contributed by atoms with van der Waals surface area (Å²) in [5.74, 6) is 2.00. The van der Waals surface area contributed by atoms with Crippen molar-refractivity contribution in [1.29, 1.82) is 0 Å². The number of hydrogen-bond acceptors (Lipinski definition) is 1. The third-order valence-corrected chi connectivity index (χ3v) is 3.56. The van der Waals surface area contributed by atoms with Crippen LogP contribution in [0, 0.1) is 11.8 Å². The van der Waals surface area contributed by atoms with Crippen molar-refractivity contribution in [2.45, 2.75) is 45.1 Å². The van der Waals surface area contributed by atoms with Crippen molar-refractivity contribution < 1.29 is 0 Å². The second-order valence-electron chi connectivity index (χ2n) is 4.27. The molecule has 2 aliphatic rings. The minimum Gasteiger partial charge on any atom is -0.314 e. The van der Waals surface area contributed by atoms with Gasteiger partial charge in [-0.3, -0.25) is 0 Å². The zero-order valence-electron chi connectivity index (χ0n) is 7.47. The molecular formula is C10H19N. The van der Waals surface area contributed by atoms with Crippen LogP contribution in [0.25, 0.3) is 0 Å². The van der Waals surface area contributed by atoms with Gasteiger partial charge in [0.15, 0.2) is 0 Å². The number of nitrogens with one attached hydrogen (secondary N) is 1. The molecule has 64 valence electrons. The van der Waals surface area contributed by atoms with Gasteiger partial charge >= 0.3 is 0 Å². The molecule has 2 fully saturated rings. The third kappa shape index (κ3) is 1.44. The summed E-state index contributed by atoms with van der Waals surface area (Å²) in [7, 11) is 0. The van der Waals surface area contributed by atoms with Gasteiger partial charge in [0, 0.05) is 6.04 Å². The van der Waals surface area contributed by atoms with E-state index in [1.54, 1.807) is 0 Å². The minimum absolute atomic E-state index is 0.882. The van der Waals surface area contributed by atoms with E-state index in [2.05, 4.69) is 12.2 Å². The Morgan fingerprint density at radius 2 is 1.91 bits per heavy atom. The molecule has 0 aromatic rings. The van der Waals surface area contributed by atoms with Crippen molar-refractivity contribution in [3.05, 3.63) is 0 Å². The lowest BCUT2D eigenvalue weighted by Crippen LogP contribution is -2.46. The molecule has 1 aliphatic heterocycles. The van der Waals surface area contributed by atoms with Gasteiger partial charge in [0.25, 0.3) is 0 Å². The molecule has 0 amide bonds. The van der Waals surface area contributed by atoms with E-state index in [0.29, 0.717) is 0 Å². The second-order valence-corrected chi connectivity index (χ2v) is 4.27. The van der Waals surface area contributed by atoms with E-state index in [-0.39, 0.29) is 0 Å². The molecule has 3 atom stereocenters. The molecule has 0 spiro atoms. The summed E-state index contributed by atoms with van der Waals surface area (Å²) in [5.41, 5.74) is 0. The van der Waals surface area contributed by atoms with Gasteiger partial charge in [0.1, 0.15) is 0 Å². The van der Waals surface area contributed by atoms with Gasteiger partial charge in [0.05, 0.1) is 0 Å². The van der Waals surface area contributed by atoms with Crippen LogP contribution in [0.3, 0.4) is 0 Å². The van der Waals surface area contributed by atoms with Crippen LogP contribution in [0.4, 0.5) is 0 Å². The first kappa shape index (κ1) is 7.60. The van der Waals surface area contributed by atoms with Crippen molar-refractivity contribution in [2.24, 2.45) is 11.8 Å². The molecule has 11 heavy (non-hydrogen) atoms. The average Bonchev–Trinajstić information content (AvgIpc) is 2.06. The maximum atomic E-state index is 3.65. The molecule has 1 heteroatoms. The summed E-state index contributed by atoms with van der Waals surface area (Å²) < 4.78 is 0. The van der Waals surface area contributed by atoms with Crippen molar-refractivity contribution >= 4 is 0 Å². The monoisotopic (exact) mass is 153 g/mol. The second kappa shape index (κ2) is 3.14. The number of piperidine rings is 1. The lowest BCUT2D eigenvalue weighted by Gasteiger charge is -2.40. The molecule has 1 nitrogen and oxygen atoms in total. The maximum absolute atomic E-state index is 3.65. The molecule has 1 saturated heterocycles. The first-order valence-corrected chi connectivity index (χ1v) is 5.11. The van der Waals surface area contributed by atoms with Crippen LogP contribution >= 0.6 is 0 Å². The van der Waals surface area contributed by atoms with Gasteiger partial charge in [-0.25, -0.2) is 0 Å². The molecule has 2 rings (SSSR count). The zero-order chi connectivity index (χ0) is 7.68. The highest BCUT2D eigenvalue weighted by Gasteiger charge is 2.31. The fourth-order valence-corrected chi connectivity index (χ4v) is 2.80. The van der Waals surface area contributed by atoms with Crippen LogP contribution in [0.2, 0.25) is 0 Å². The Labute approximate surface area is 69.6 Å². The number of fused-ring (bicyclic) bond motifs is 1. The van der Waals surface area contributed by atoms with Crippen LogP contribution in [-0.2, 0) is 0 Å². The SMILES string of the molecule is C[C@@H]1CCN[C@@H]2CCCC[C@@H]12. The van der Waals surface area contributed by atoms with E-state index in [0.717, 1.165) is 17.9 Å². The topological polar surface area (TPSA) is 12.0 Å². The Bertz CT molecular complexity index is 131. The van der Waals surface area contributed by atoms with Gasteiger partial charge in [0.2, 0.25) is 0 Å². The van der Waals surface area contributed by atoms with Crippen molar-refractivity contribution in [1.82, 2.24) is 5.32 Å². The lowest BCUT2D eigenvalue weighted by atomic mass is 9.74. The highest BCUT2D eigenvalue weighted by Crippen LogP contribution is 2.34. The number of hydrogen-bond donors (Lipinski definition) is 1. The third-order valence-electron chi connectivity index (χ3n) is 3.56. The quantitative estimate of drug-likeness (QED) is 0.562. The molecule has 0 bridgehead atoms. The normalized spacial score (nSPS) is 45.0. The zero-order valence-corrected chi connectivity index (χ0v) is 7.47. The first-order chi connectivity index (χ1) is 5.38. The highest BCUT2D eigenvalue weighted by atomic mass is 14.9.